The predicted molar refractivity (Wildman–Crippen MR) is 131 cm³/mol. The van der Waals surface area contributed by atoms with Gasteiger partial charge in [-0.2, -0.15) is 0 Å². The Morgan fingerprint density at radius 2 is 1.83 bits per heavy atom. The summed E-state index contributed by atoms with van der Waals surface area (Å²) in [5.41, 5.74) is -0.591. The van der Waals surface area contributed by atoms with Crippen molar-refractivity contribution in [1.82, 2.24) is 9.80 Å². The molecule has 9 heteroatoms. The number of aliphatic hydroxyl groups is 1. The maximum absolute atomic E-state index is 14.1. The Balaban J connectivity index is 1.58. The van der Waals surface area contributed by atoms with Gasteiger partial charge in [0.05, 0.1) is 17.9 Å². The molecule has 0 aromatic heterocycles. The number of ether oxygens (including phenoxy) is 1. The number of amides is 3. The van der Waals surface area contributed by atoms with Gasteiger partial charge in [0.15, 0.2) is 0 Å². The summed E-state index contributed by atoms with van der Waals surface area (Å²) < 4.78 is 6.58. The molecule has 4 aliphatic heterocycles. The van der Waals surface area contributed by atoms with Gasteiger partial charge in [0.2, 0.25) is 11.8 Å². The average molecular weight is 500 g/mol. The summed E-state index contributed by atoms with van der Waals surface area (Å²) in [5, 5.41) is 10.0. The second-order valence-corrected chi connectivity index (χ2v) is 9.93. The van der Waals surface area contributed by atoms with E-state index in [4.69, 9.17) is 16.3 Å². The van der Waals surface area contributed by atoms with Gasteiger partial charge in [-0.1, -0.05) is 42.8 Å². The molecule has 1 aromatic carbocycles. The van der Waals surface area contributed by atoms with Gasteiger partial charge in [-0.3, -0.25) is 14.4 Å². The van der Waals surface area contributed by atoms with E-state index in [2.05, 4.69) is 0 Å². The van der Waals surface area contributed by atoms with Crippen molar-refractivity contribution >= 4 is 35.0 Å². The van der Waals surface area contributed by atoms with Crippen LogP contribution in [0.2, 0.25) is 5.02 Å². The van der Waals surface area contributed by atoms with Crippen LogP contribution in [0.1, 0.15) is 19.8 Å². The molecule has 3 amide bonds. The first-order chi connectivity index (χ1) is 16.9. The highest BCUT2D eigenvalue weighted by Gasteiger charge is 2.71. The van der Waals surface area contributed by atoms with E-state index in [0.29, 0.717) is 36.8 Å². The number of likely N-dealkylation sites (tertiary alicyclic amines) is 1. The highest BCUT2D eigenvalue weighted by atomic mass is 35.5. The van der Waals surface area contributed by atoms with Crippen molar-refractivity contribution in [3.63, 3.8) is 0 Å². The Morgan fingerprint density at radius 1 is 1.06 bits per heavy atom. The number of benzene rings is 1. The summed E-state index contributed by atoms with van der Waals surface area (Å²) in [6.45, 7) is 3.48. The highest BCUT2D eigenvalue weighted by molar-refractivity contribution is 6.30. The molecule has 0 aliphatic carbocycles. The Hall–Kier alpha value is -2.68. The van der Waals surface area contributed by atoms with Crippen LogP contribution in [0, 0.1) is 11.8 Å². The smallest absolute Gasteiger partial charge is 0.253 e. The molecule has 1 N–H and O–H groups in total. The molecule has 2 saturated heterocycles. The van der Waals surface area contributed by atoms with Gasteiger partial charge in [-0.05, 0) is 37.1 Å². The number of hydrogen-bond donors (Lipinski definition) is 1. The van der Waals surface area contributed by atoms with Gasteiger partial charge in [-0.25, -0.2) is 0 Å². The monoisotopic (exact) mass is 499 g/mol. The predicted octanol–water partition coefficient (Wildman–Crippen LogP) is 2.01. The maximum Gasteiger partial charge on any atom is 0.253 e. The zero-order valence-corrected chi connectivity index (χ0v) is 20.4. The summed E-state index contributed by atoms with van der Waals surface area (Å²) >= 11 is 6.05. The highest BCUT2D eigenvalue weighted by Crippen LogP contribution is 2.53. The van der Waals surface area contributed by atoms with E-state index in [0.717, 1.165) is 6.42 Å². The molecule has 186 valence electrons. The molecular formula is C26H30ClN3O5. The second kappa shape index (κ2) is 9.41. The topological polar surface area (TPSA) is 90.4 Å². The molecule has 35 heavy (non-hydrogen) atoms. The Morgan fingerprint density at radius 3 is 2.54 bits per heavy atom. The van der Waals surface area contributed by atoms with Gasteiger partial charge in [-0.15, -0.1) is 0 Å². The van der Waals surface area contributed by atoms with Crippen LogP contribution < -0.4 is 4.90 Å². The van der Waals surface area contributed by atoms with Gasteiger partial charge in [0, 0.05) is 43.5 Å². The van der Waals surface area contributed by atoms with Crippen LogP contribution in [0.25, 0.3) is 0 Å². The average Bonchev–Trinajstić information content (AvgIpc) is 3.16. The molecule has 4 aliphatic rings. The van der Waals surface area contributed by atoms with Crippen molar-refractivity contribution in [3.8, 4) is 0 Å². The van der Waals surface area contributed by atoms with Crippen LogP contribution in [0.15, 0.2) is 48.6 Å². The van der Waals surface area contributed by atoms with Crippen LogP contribution in [-0.2, 0) is 19.1 Å². The molecule has 0 saturated carbocycles. The zero-order chi connectivity index (χ0) is 24.7. The quantitative estimate of drug-likeness (QED) is 0.605. The van der Waals surface area contributed by atoms with Crippen LogP contribution in [0.4, 0.5) is 5.69 Å². The normalized spacial score (nSPS) is 32.0. The van der Waals surface area contributed by atoms with Gasteiger partial charge in [0.1, 0.15) is 11.6 Å². The molecule has 0 bridgehead atoms. The number of anilines is 1. The van der Waals surface area contributed by atoms with E-state index in [9.17, 15) is 19.5 Å². The first kappa shape index (κ1) is 24.0. The lowest BCUT2D eigenvalue weighted by Crippen LogP contribution is -2.55. The Kier molecular flexibility index (Phi) is 6.46. The fourth-order valence-corrected chi connectivity index (χ4v) is 6.12. The van der Waals surface area contributed by atoms with Crippen molar-refractivity contribution in [3.05, 3.63) is 53.6 Å². The third kappa shape index (κ3) is 3.79. The number of carbonyl (C=O) groups is 3. The van der Waals surface area contributed by atoms with Crippen molar-refractivity contribution < 1.29 is 24.2 Å². The van der Waals surface area contributed by atoms with Crippen molar-refractivity contribution in [2.75, 3.05) is 37.7 Å². The van der Waals surface area contributed by atoms with Gasteiger partial charge >= 0.3 is 0 Å². The van der Waals surface area contributed by atoms with Crippen LogP contribution >= 0.6 is 11.6 Å². The number of carbonyl (C=O) groups excluding carboxylic acids is 3. The van der Waals surface area contributed by atoms with Crippen LogP contribution in [-0.4, -0.2) is 83.2 Å². The summed E-state index contributed by atoms with van der Waals surface area (Å²) in [6.07, 6.45) is 8.02. The summed E-state index contributed by atoms with van der Waals surface area (Å²) in [7, 11) is 0. The number of halogens is 1. The molecule has 0 radical (unpaired) electrons. The standard InChI is InChI=1S/C26H30ClN3O5/c1-2-12-28-13-3-6-19-20(23(28)32)21-24(33)30(15-5-16-31)22-25(34)29(14-4-11-26(21,22)35-19)18-9-7-17(27)8-10-18/h3-4,6-11,19-22,31H,2,5,12-16H2,1H3/t19-,20+,21+,22?,26+/m1/s1. The lowest BCUT2D eigenvalue weighted by molar-refractivity contribution is -0.144. The minimum absolute atomic E-state index is 0.112. The van der Waals surface area contributed by atoms with Crippen molar-refractivity contribution in [1.29, 1.82) is 0 Å². The van der Waals surface area contributed by atoms with Crippen LogP contribution in [0.5, 0.6) is 0 Å². The molecule has 2 fully saturated rings. The minimum atomic E-state index is -1.25. The fraction of sp³-hybridized carbons (Fsp3) is 0.500. The fourth-order valence-electron chi connectivity index (χ4n) is 5.99. The number of hydrogen-bond acceptors (Lipinski definition) is 5. The van der Waals surface area contributed by atoms with E-state index in [1.54, 1.807) is 34.1 Å². The Labute approximate surface area is 209 Å². The lowest BCUT2D eigenvalue weighted by atomic mass is 9.77. The molecule has 5 rings (SSSR count). The molecule has 1 spiro atoms. The molecule has 8 nitrogen and oxygen atoms in total. The SMILES string of the molecule is CCCN1CC=C[C@H]2O[C@]34C=CCN(c5ccc(Cl)cc5)C(=O)C3N(CCCO)C(=O)[C@@H]4[C@H]2C1=O. The van der Waals surface area contributed by atoms with Crippen molar-refractivity contribution in [2.24, 2.45) is 11.8 Å². The van der Waals surface area contributed by atoms with E-state index in [1.807, 2.05) is 31.2 Å². The maximum atomic E-state index is 14.1. The van der Waals surface area contributed by atoms with E-state index in [1.165, 1.54) is 4.90 Å². The lowest BCUT2D eigenvalue weighted by Gasteiger charge is -2.35. The molecule has 1 unspecified atom stereocenters. The van der Waals surface area contributed by atoms with E-state index >= 15 is 0 Å². The molecular weight excluding hydrogens is 470 g/mol. The number of aliphatic hydroxyl groups excluding tert-OH is 1. The van der Waals surface area contributed by atoms with Gasteiger partial charge in [0.25, 0.3) is 5.91 Å². The first-order valence-electron chi connectivity index (χ1n) is 12.2. The Bertz CT molecular complexity index is 1070. The number of rotatable bonds is 6. The van der Waals surface area contributed by atoms with Crippen molar-refractivity contribution in [2.45, 2.75) is 37.5 Å². The molecule has 4 heterocycles. The molecule has 5 atom stereocenters. The van der Waals surface area contributed by atoms with E-state index in [-0.39, 0.29) is 30.9 Å². The van der Waals surface area contributed by atoms with Crippen LogP contribution in [0.3, 0.4) is 0 Å². The summed E-state index contributed by atoms with van der Waals surface area (Å²) in [5.74, 6) is -2.17. The summed E-state index contributed by atoms with van der Waals surface area (Å²) in [6, 6.07) is 6.04. The third-order valence-corrected chi connectivity index (χ3v) is 7.68. The first-order valence-corrected chi connectivity index (χ1v) is 12.6. The minimum Gasteiger partial charge on any atom is -0.396 e. The summed E-state index contributed by atoms with van der Waals surface area (Å²) in [4.78, 5) is 46.6. The molecule has 1 aromatic rings. The van der Waals surface area contributed by atoms with E-state index < -0.39 is 29.6 Å². The van der Waals surface area contributed by atoms with Gasteiger partial charge < -0.3 is 24.5 Å². The number of fused-ring (bicyclic) bond motifs is 2. The largest absolute Gasteiger partial charge is 0.396 e. The number of nitrogens with zero attached hydrogens (tertiary/aromatic N) is 3. The zero-order valence-electron chi connectivity index (χ0n) is 19.7. The third-order valence-electron chi connectivity index (χ3n) is 7.43. The second-order valence-electron chi connectivity index (χ2n) is 9.49.